The molecule has 1 atom stereocenters. The standard InChI is InChI=1S/C17H18ClFN4O3/c1-8(20)2-3-17(25,26)10-5-11(14(19)12(18)6-10)13-4-9-7-21-16(24)23-15(9)22-13/h4-8,25-26H,2-3,20H2,1H3,(H2,21,22,23,24)/t8-/m0/s1. The Morgan fingerprint density at radius 3 is 2.77 bits per heavy atom. The van der Waals surface area contributed by atoms with E-state index in [0.29, 0.717) is 23.1 Å². The third kappa shape index (κ3) is 3.63. The second-order valence-electron chi connectivity index (χ2n) is 6.35. The van der Waals surface area contributed by atoms with Crippen molar-refractivity contribution < 1.29 is 14.6 Å². The summed E-state index contributed by atoms with van der Waals surface area (Å²) in [5.74, 6) is -2.93. The van der Waals surface area contributed by atoms with Crippen LogP contribution in [0.1, 0.15) is 25.3 Å². The number of rotatable bonds is 5. The number of nitrogens with one attached hydrogen (secondary N) is 2. The molecule has 1 aromatic carbocycles. The number of hydrogen-bond acceptors (Lipinski definition) is 5. The van der Waals surface area contributed by atoms with E-state index < -0.39 is 17.3 Å². The number of nitrogens with zero attached hydrogens (tertiary/aromatic N) is 1. The van der Waals surface area contributed by atoms with Crippen molar-refractivity contribution in [2.45, 2.75) is 31.6 Å². The average molecular weight is 381 g/mol. The van der Waals surface area contributed by atoms with E-state index in [1.165, 1.54) is 18.3 Å². The van der Waals surface area contributed by atoms with Crippen molar-refractivity contribution in [1.29, 1.82) is 0 Å². The van der Waals surface area contributed by atoms with Crippen LogP contribution in [0.15, 0.2) is 29.2 Å². The quantitative estimate of drug-likeness (QED) is 0.432. The molecule has 0 saturated heterocycles. The normalized spacial score (nSPS) is 13.3. The molecule has 138 valence electrons. The number of benzene rings is 1. The van der Waals surface area contributed by atoms with Crippen LogP contribution in [0.5, 0.6) is 0 Å². The van der Waals surface area contributed by atoms with Gasteiger partial charge in [0.25, 0.3) is 0 Å². The molecule has 0 bridgehead atoms. The van der Waals surface area contributed by atoms with Gasteiger partial charge in [0.15, 0.2) is 11.6 Å². The summed E-state index contributed by atoms with van der Waals surface area (Å²) in [6, 6.07) is 3.84. The first-order chi connectivity index (χ1) is 12.2. The van der Waals surface area contributed by atoms with Gasteiger partial charge in [-0.2, -0.15) is 0 Å². The molecule has 6 N–H and O–H groups in total. The molecule has 0 unspecified atom stereocenters. The van der Waals surface area contributed by atoms with Crippen molar-refractivity contribution in [2.75, 3.05) is 0 Å². The van der Waals surface area contributed by atoms with Crippen LogP contribution in [0.2, 0.25) is 5.02 Å². The molecule has 2 heterocycles. The first-order valence-electron chi connectivity index (χ1n) is 7.95. The van der Waals surface area contributed by atoms with Crippen molar-refractivity contribution in [3.63, 3.8) is 0 Å². The molecule has 0 saturated carbocycles. The lowest BCUT2D eigenvalue weighted by atomic mass is 9.96. The Morgan fingerprint density at radius 1 is 1.35 bits per heavy atom. The van der Waals surface area contributed by atoms with Crippen molar-refractivity contribution >= 4 is 22.6 Å². The fraction of sp³-hybridized carbons (Fsp3) is 0.294. The second kappa shape index (κ2) is 6.81. The molecule has 0 aliphatic heterocycles. The highest BCUT2D eigenvalue weighted by molar-refractivity contribution is 6.31. The van der Waals surface area contributed by atoms with Gasteiger partial charge < -0.3 is 20.9 Å². The number of fused-ring (bicyclic) bond motifs is 1. The summed E-state index contributed by atoms with van der Waals surface area (Å²) < 4.78 is 14.6. The zero-order valence-electron chi connectivity index (χ0n) is 13.9. The average Bonchev–Trinajstić information content (AvgIpc) is 2.98. The summed E-state index contributed by atoms with van der Waals surface area (Å²) in [5.41, 5.74) is 5.89. The lowest BCUT2D eigenvalue weighted by Gasteiger charge is -2.24. The van der Waals surface area contributed by atoms with E-state index in [9.17, 15) is 19.4 Å². The molecule has 0 amide bonds. The van der Waals surface area contributed by atoms with Crippen LogP contribution in [-0.4, -0.2) is 31.2 Å². The van der Waals surface area contributed by atoms with Gasteiger partial charge in [-0.25, -0.2) is 14.2 Å². The topological polar surface area (TPSA) is 128 Å². The molecule has 7 nitrogen and oxygen atoms in total. The molecular weight excluding hydrogens is 363 g/mol. The molecule has 0 aliphatic rings. The summed E-state index contributed by atoms with van der Waals surface area (Å²) in [4.78, 5) is 20.3. The number of halogens is 2. The minimum Gasteiger partial charge on any atom is -0.362 e. The van der Waals surface area contributed by atoms with Gasteiger partial charge in [0.05, 0.1) is 10.7 Å². The molecule has 9 heteroatoms. The Balaban J connectivity index is 2.09. The van der Waals surface area contributed by atoms with Crippen molar-refractivity contribution in [1.82, 2.24) is 15.0 Å². The SMILES string of the molecule is C[C@H](N)CCC(O)(O)c1cc(Cl)c(F)c(-c2cc3cnc(=O)[nH]c3[nH]2)c1. The van der Waals surface area contributed by atoms with Crippen LogP contribution in [0.3, 0.4) is 0 Å². The van der Waals surface area contributed by atoms with Crippen LogP contribution in [-0.2, 0) is 5.79 Å². The van der Waals surface area contributed by atoms with E-state index in [1.54, 1.807) is 13.0 Å². The van der Waals surface area contributed by atoms with Crippen LogP contribution >= 0.6 is 11.6 Å². The number of aromatic nitrogens is 3. The zero-order chi connectivity index (χ0) is 19.1. The molecule has 0 aliphatic carbocycles. The monoisotopic (exact) mass is 380 g/mol. The van der Waals surface area contributed by atoms with Gasteiger partial charge >= 0.3 is 5.69 Å². The number of aromatic amines is 2. The molecule has 26 heavy (non-hydrogen) atoms. The fourth-order valence-corrected chi connectivity index (χ4v) is 2.90. The Bertz CT molecular complexity index is 1010. The van der Waals surface area contributed by atoms with E-state index in [0.717, 1.165) is 0 Å². The zero-order valence-corrected chi connectivity index (χ0v) is 14.6. The Morgan fingerprint density at radius 2 is 2.08 bits per heavy atom. The molecule has 3 rings (SSSR count). The number of hydrogen-bond donors (Lipinski definition) is 5. The maximum atomic E-state index is 14.6. The van der Waals surface area contributed by atoms with Crippen molar-refractivity contribution in [2.24, 2.45) is 5.73 Å². The third-order valence-corrected chi connectivity index (χ3v) is 4.41. The summed E-state index contributed by atoms with van der Waals surface area (Å²) in [6.45, 7) is 1.75. The lowest BCUT2D eigenvalue weighted by molar-refractivity contribution is -0.175. The smallest absolute Gasteiger partial charge is 0.346 e. The highest BCUT2D eigenvalue weighted by Crippen LogP contribution is 2.35. The molecular formula is C17H18ClFN4O3. The van der Waals surface area contributed by atoms with E-state index >= 15 is 0 Å². The van der Waals surface area contributed by atoms with Gasteiger partial charge in [0.2, 0.25) is 0 Å². The molecule has 0 fully saturated rings. The molecule has 2 aromatic heterocycles. The summed E-state index contributed by atoms with van der Waals surface area (Å²) >= 11 is 5.96. The predicted octanol–water partition coefficient (Wildman–Crippen LogP) is 1.98. The van der Waals surface area contributed by atoms with Crippen LogP contribution in [0, 0.1) is 5.82 Å². The second-order valence-corrected chi connectivity index (χ2v) is 6.76. The van der Waals surface area contributed by atoms with Gasteiger partial charge in [0, 0.05) is 35.2 Å². The highest BCUT2D eigenvalue weighted by atomic mass is 35.5. The van der Waals surface area contributed by atoms with Gasteiger partial charge in [-0.05, 0) is 31.5 Å². The lowest BCUT2D eigenvalue weighted by Crippen LogP contribution is -2.28. The highest BCUT2D eigenvalue weighted by Gasteiger charge is 2.28. The molecule has 3 aromatic rings. The number of aliphatic hydroxyl groups is 2. The number of H-pyrrole nitrogens is 2. The first kappa shape index (κ1) is 18.5. The van der Waals surface area contributed by atoms with E-state index in [-0.39, 0.29) is 28.6 Å². The Kier molecular flexibility index (Phi) is 4.85. The van der Waals surface area contributed by atoms with Gasteiger partial charge in [-0.15, -0.1) is 0 Å². The van der Waals surface area contributed by atoms with Crippen LogP contribution in [0.25, 0.3) is 22.3 Å². The predicted molar refractivity (Wildman–Crippen MR) is 96.1 cm³/mol. The minimum absolute atomic E-state index is 0.0317. The van der Waals surface area contributed by atoms with Crippen molar-refractivity contribution in [3.8, 4) is 11.3 Å². The Hall–Kier alpha value is -2.26. The van der Waals surface area contributed by atoms with Crippen molar-refractivity contribution in [3.05, 3.63) is 51.3 Å². The first-order valence-corrected chi connectivity index (χ1v) is 8.33. The largest absolute Gasteiger partial charge is 0.362 e. The van der Waals surface area contributed by atoms with E-state index in [4.69, 9.17) is 17.3 Å². The molecule has 0 radical (unpaired) electrons. The fourth-order valence-electron chi connectivity index (χ4n) is 2.68. The van der Waals surface area contributed by atoms with E-state index in [2.05, 4.69) is 15.0 Å². The number of nitrogens with two attached hydrogens (primary N) is 1. The van der Waals surface area contributed by atoms with Gasteiger partial charge in [-0.1, -0.05) is 11.6 Å². The third-order valence-electron chi connectivity index (χ3n) is 4.13. The van der Waals surface area contributed by atoms with Crippen LogP contribution in [0.4, 0.5) is 4.39 Å². The summed E-state index contributed by atoms with van der Waals surface area (Å²) in [7, 11) is 0. The maximum absolute atomic E-state index is 14.6. The van der Waals surface area contributed by atoms with Crippen LogP contribution < -0.4 is 11.4 Å². The minimum atomic E-state index is -2.21. The molecule has 0 spiro atoms. The summed E-state index contributed by atoms with van der Waals surface area (Å²) in [6.07, 6.45) is 1.68. The maximum Gasteiger partial charge on any atom is 0.346 e. The summed E-state index contributed by atoms with van der Waals surface area (Å²) in [5, 5.41) is 21.0. The Labute approximate surface area is 152 Å². The van der Waals surface area contributed by atoms with Gasteiger partial charge in [0.1, 0.15) is 5.65 Å². The van der Waals surface area contributed by atoms with Gasteiger partial charge in [-0.3, -0.25) is 4.98 Å². The van der Waals surface area contributed by atoms with E-state index in [1.807, 2.05) is 0 Å².